The predicted molar refractivity (Wildman–Crippen MR) is 92.0 cm³/mol. The lowest BCUT2D eigenvalue weighted by Gasteiger charge is -2.22. The Morgan fingerprint density at radius 1 is 1.23 bits per heavy atom. The Hall–Kier alpha value is -1.43. The number of fused-ring (bicyclic) bond motifs is 1. The standard InChI is InChI=1S/C16H13ClN2OS2/c17-14-8-7-13(21-14)16(20)19-9-3-5-11(19)15-18-10-4-1-2-6-12(10)22-15/h1-2,4,6-8,11H,3,5,9H2/t11-/m1/s1. The molecule has 1 amide bonds. The van der Waals surface area contributed by atoms with Crippen LogP contribution >= 0.6 is 34.3 Å². The van der Waals surface area contributed by atoms with Crippen molar-refractivity contribution in [3.8, 4) is 0 Å². The van der Waals surface area contributed by atoms with Crippen LogP contribution < -0.4 is 0 Å². The van der Waals surface area contributed by atoms with Gasteiger partial charge in [-0.25, -0.2) is 4.98 Å². The van der Waals surface area contributed by atoms with Gasteiger partial charge >= 0.3 is 0 Å². The third-order valence-corrected chi connectivity index (χ3v) is 6.25. The Kier molecular flexibility index (Phi) is 3.64. The first kappa shape index (κ1) is 14.2. The van der Waals surface area contributed by atoms with Crippen LogP contribution in [-0.2, 0) is 0 Å². The van der Waals surface area contributed by atoms with Crippen molar-refractivity contribution in [1.82, 2.24) is 9.88 Å². The molecule has 1 fully saturated rings. The topological polar surface area (TPSA) is 33.2 Å². The van der Waals surface area contributed by atoms with E-state index in [1.807, 2.05) is 29.2 Å². The molecule has 22 heavy (non-hydrogen) atoms. The molecule has 3 nitrogen and oxygen atoms in total. The van der Waals surface area contributed by atoms with Crippen LogP contribution in [0.15, 0.2) is 36.4 Å². The summed E-state index contributed by atoms with van der Waals surface area (Å²) < 4.78 is 1.83. The quantitative estimate of drug-likeness (QED) is 0.653. The highest BCUT2D eigenvalue weighted by Crippen LogP contribution is 2.38. The monoisotopic (exact) mass is 348 g/mol. The SMILES string of the molecule is O=C(c1ccc(Cl)s1)N1CCC[C@@H]1c1nc2ccccc2s1. The number of thiophene rings is 1. The van der Waals surface area contributed by atoms with E-state index in [4.69, 9.17) is 16.6 Å². The zero-order valence-electron chi connectivity index (χ0n) is 11.7. The van der Waals surface area contributed by atoms with Crippen LogP contribution in [0.1, 0.15) is 33.6 Å². The van der Waals surface area contributed by atoms with Crippen molar-refractivity contribution < 1.29 is 4.79 Å². The van der Waals surface area contributed by atoms with E-state index < -0.39 is 0 Å². The number of carbonyl (C=O) groups is 1. The fraction of sp³-hybridized carbons (Fsp3) is 0.250. The van der Waals surface area contributed by atoms with Gasteiger partial charge in [0.2, 0.25) is 0 Å². The second-order valence-electron chi connectivity index (χ2n) is 5.28. The molecule has 0 saturated carbocycles. The van der Waals surface area contributed by atoms with Crippen LogP contribution in [0.4, 0.5) is 0 Å². The van der Waals surface area contributed by atoms with Gasteiger partial charge in [-0.15, -0.1) is 22.7 Å². The number of amides is 1. The van der Waals surface area contributed by atoms with Crippen molar-refractivity contribution in [1.29, 1.82) is 0 Å². The highest BCUT2D eigenvalue weighted by Gasteiger charge is 2.33. The zero-order chi connectivity index (χ0) is 15.1. The summed E-state index contributed by atoms with van der Waals surface area (Å²) in [5.41, 5.74) is 1.01. The molecule has 3 aromatic rings. The molecule has 0 spiro atoms. The van der Waals surface area contributed by atoms with Crippen LogP contribution in [0, 0.1) is 0 Å². The molecule has 112 valence electrons. The van der Waals surface area contributed by atoms with E-state index in [1.54, 1.807) is 17.4 Å². The second-order valence-corrected chi connectivity index (χ2v) is 8.06. The fourth-order valence-electron chi connectivity index (χ4n) is 2.87. The van der Waals surface area contributed by atoms with Crippen molar-refractivity contribution in [2.75, 3.05) is 6.54 Å². The Morgan fingerprint density at radius 2 is 2.09 bits per heavy atom. The Bertz CT molecular complexity index is 808. The summed E-state index contributed by atoms with van der Waals surface area (Å²) in [5, 5.41) is 1.04. The average Bonchev–Trinajstić information content (AvgIpc) is 3.24. The fourth-order valence-corrected chi connectivity index (χ4v) is 4.98. The van der Waals surface area contributed by atoms with E-state index in [9.17, 15) is 4.79 Å². The number of halogens is 1. The van der Waals surface area contributed by atoms with Crippen LogP contribution in [0.3, 0.4) is 0 Å². The lowest BCUT2D eigenvalue weighted by Crippen LogP contribution is -2.29. The third-order valence-electron chi connectivity index (χ3n) is 3.89. The molecule has 0 aliphatic carbocycles. The highest BCUT2D eigenvalue weighted by molar-refractivity contribution is 7.18. The molecule has 1 aliphatic heterocycles. The van der Waals surface area contributed by atoms with Crippen LogP contribution in [-0.4, -0.2) is 22.3 Å². The summed E-state index contributed by atoms with van der Waals surface area (Å²) in [5.74, 6) is 0.0682. The number of para-hydroxylation sites is 1. The number of nitrogens with zero attached hydrogens (tertiary/aromatic N) is 2. The van der Waals surface area contributed by atoms with E-state index in [-0.39, 0.29) is 11.9 Å². The summed E-state index contributed by atoms with van der Waals surface area (Å²) in [7, 11) is 0. The Balaban J connectivity index is 1.67. The lowest BCUT2D eigenvalue weighted by atomic mass is 10.2. The van der Waals surface area contributed by atoms with Crippen LogP contribution in [0.2, 0.25) is 4.34 Å². The van der Waals surface area contributed by atoms with Crippen LogP contribution in [0.5, 0.6) is 0 Å². The number of carbonyl (C=O) groups excluding carboxylic acids is 1. The predicted octanol–water partition coefficient (Wildman–Crippen LogP) is 4.99. The highest BCUT2D eigenvalue weighted by atomic mass is 35.5. The largest absolute Gasteiger partial charge is 0.328 e. The van der Waals surface area contributed by atoms with Crippen molar-refractivity contribution in [3.63, 3.8) is 0 Å². The number of rotatable bonds is 2. The molecule has 6 heteroatoms. The summed E-state index contributed by atoms with van der Waals surface area (Å²) in [6.07, 6.45) is 2.00. The van der Waals surface area contributed by atoms with Crippen molar-refractivity contribution >= 4 is 50.4 Å². The van der Waals surface area contributed by atoms with Crippen LogP contribution in [0.25, 0.3) is 10.2 Å². The van der Waals surface area contributed by atoms with Gasteiger partial charge in [0, 0.05) is 6.54 Å². The molecule has 0 N–H and O–H groups in total. The zero-order valence-corrected chi connectivity index (χ0v) is 14.0. The van der Waals surface area contributed by atoms with Gasteiger partial charge in [-0.05, 0) is 37.1 Å². The molecule has 0 radical (unpaired) electrons. The van der Waals surface area contributed by atoms with Gasteiger partial charge in [0.1, 0.15) is 5.01 Å². The number of benzene rings is 1. The molecule has 1 aromatic carbocycles. The van der Waals surface area contributed by atoms with Gasteiger partial charge in [0.05, 0.1) is 25.5 Å². The minimum absolute atomic E-state index is 0.0682. The Labute approximate surface area is 141 Å². The maximum absolute atomic E-state index is 12.7. The van der Waals surface area contributed by atoms with E-state index in [1.165, 1.54) is 16.0 Å². The normalized spacial score (nSPS) is 18.2. The summed E-state index contributed by atoms with van der Waals surface area (Å²) in [4.78, 5) is 20.1. The number of hydrogen-bond donors (Lipinski definition) is 0. The Morgan fingerprint density at radius 3 is 2.86 bits per heavy atom. The second kappa shape index (κ2) is 5.65. The molecule has 2 aromatic heterocycles. The van der Waals surface area contributed by atoms with Gasteiger partial charge in [-0.1, -0.05) is 23.7 Å². The first-order valence-corrected chi connectivity index (χ1v) is 9.15. The molecular weight excluding hydrogens is 336 g/mol. The molecule has 0 bridgehead atoms. The first-order chi connectivity index (χ1) is 10.7. The molecule has 1 saturated heterocycles. The van der Waals surface area contributed by atoms with Gasteiger partial charge in [0.15, 0.2) is 0 Å². The van der Waals surface area contributed by atoms with Crippen molar-refractivity contribution in [2.45, 2.75) is 18.9 Å². The molecular formula is C16H13ClN2OS2. The minimum atomic E-state index is 0.0682. The maximum Gasteiger partial charge on any atom is 0.264 e. The van der Waals surface area contributed by atoms with E-state index >= 15 is 0 Å². The molecule has 3 heterocycles. The maximum atomic E-state index is 12.7. The summed E-state index contributed by atoms with van der Waals surface area (Å²) in [6.45, 7) is 0.787. The lowest BCUT2D eigenvalue weighted by molar-refractivity contribution is 0.0740. The smallest absolute Gasteiger partial charge is 0.264 e. The molecule has 1 aliphatic rings. The first-order valence-electron chi connectivity index (χ1n) is 7.14. The molecule has 1 atom stereocenters. The number of aromatic nitrogens is 1. The third kappa shape index (κ3) is 2.43. The van der Waals surface area contributed by atoms with Crippen molar-refractivity contribution in [3.05, 3.63) is 50.6 Å². The number of hydrogen-bond acceptors (Lipinski definition) is 4. The number of thiazole rings is 1. The molecule has 0 unspecified atom stereocenters. The molecule has 4 rings (SSSR count). The minimum Gasteiger partial charge on any atom is -0.328 e. The van der Waals surface area contributed by atoms with Crippen molar-refractivity contribution in [2.24, 2.45) is 0 Å². The summed E-state index contributed by atoms with van der Waals surface area (Å²) >= 11 is 8.99. The van der Waals surface area contributed by atoms with Gasteiger partial charge < -0.3 is 4.90 Å². The average molecular weight is 349 g/mol. The van der Waals surface area contributed by atoms with E-state index in [0.717, 1.165) is 29.9 Å². The number of likely N-dealkylation sites (tertiary alicyclic amines) is 1. The van der Waals surface area contributed by atoms with Gasteiger partial charge in [0.25, 0.3) is 5.91 Å². The van der Waals surface area contributed by atoms with E-state index in [0.29, 0.717) is 9.21 Å². The van der Waals surface area contributed by atoms with E-state index in [2.05, 4.69) is 6.07 Å². The summed E-state index contributed by atoms with van der Waals surface area (Å²) in [6, 6.07) is 11.8. The van der Waals surface area contributed by atoms with Gasteiger partial charge in [-0.2, -0.15) is 0 Å². The van der Waals surface area contributed by atoms with Gasteiger partial charge in [-0.3, -0.25) is 4.79 Å².